The van der Waals surface area contributed by atoms with Gasteiger partial charge in [0, 0.05) is 30.9 Å². The van der Waals surface area contributed by atoms with Gasteiger partial charge in [-0.3, -0.25) is 0 Å². The predicted molar refractivity (Wildman–Crippen MR) is 82.8 cm³/mol. The van der Waals surface area contributed by atoms with Crippen LogP contribution in [0.3, 0.4) is 0 Å². The summed E-state index contributed by atoms with van der Waals surface area (Å²) >= 11 is 0. The number of likely N-dealkylation sites (N-methyl/N-ethyl adjacent to an activating group) is 1. The molecule has 1 aromatic rings. The van der Waals surface area contributed by atoms with Gasteiger partial charge in [-0.2, -0.15) is 0 Å². The highest BCUT2D eigenvalue weighted by Gasteiger charge is 2.39. The average molecular weight is 261 g/mol. The molecule has 0 aromatic heterocycles. The van der Waals surface area contributed by atoms with Crippen LogP contribution in [0.5, 0.6) is 0 Å². The zero-order valence-electron chi connectivity index (χ0n) is 12.9. The number of para-hydroxylation sites is 1. The molecule has 106 valence electrons. The van der Waals surface area contributed by atoms with Gasteiger partial charge in [0.15, 0.2) is 0 Å². The van der Waals surface area contributed by atoms with Crippen molar-refractivity contribution in [2.75, 3.05) is 31.6 Å². The summed E-state index contributed by atoms with van der Waals surface area (Å²) in [5.41, 5.74) is 10.2. The lowest BCUT2D eigenvalue weighted by Gasteiger charge is -2.53. The molecule has 3 heteroatoms. The highest BCUT2D eigenvalue weighted by molar-refractivity contribution is 5.61. The summed E-state index contributed by atoms with van der Waals surface area (Å²) in [6.07, 6.45) is 0. The number of nitrogens with two attached hydrogens (primary N) is 1. The number of aryl methyl sites for hydroxylation is 2. The lowest BCUT2D eigenvalue weighted by molar-refractivity contribution is 0.182. The first kappa shape index (κ1) is 14.4. The largest absolute Gasteiger partial charge is 0.359 e. The number of hydrogen-bond acceptors (Lipinski definition) is 3. The molecule has 1 aliphatic rings. The molecule has 2 N–H and O–H groups in total. The first-order chi connectivity index (χ1) is 8.86. The molecule has 0 bridgehead atoms. The van der Waals surface area contributed by atoms with Crippen molar-refractivity contribution >= 4 is 5.69 Å². The summed E-state index contributed by atoms with van der Waals surface area (Å²) in [5, 5.41) is 0. The molecule has 0 aliphatic carbocycles. The maximum atomic E-state index is 6.05. The lowest BCUT2D eigenvalue weighted by atomic mass is 9.91. The number of benzene rings is 1. The zero-order chi connectivity index (χ0) is 14.2. The van der Waals surface area contributed by atoms with Crippen LogP contribution in [0.4, 0.5) is 5.69 Å². The fourth-order valence-electron chi connectivity index (χ4n) is 3.59. The van der Waals surface area contributed by atoms with Crippen LogP contribution in [-0.2, 0) is 0 Å². The SMILES string of the molecule is Cc1cccc(C)c1N1C(CN)CN(C)CC1(C)C. The van der Waals surface area contributed by atoms with E-state index in [1.807, 2.05) is 0 Å². The molecule has 0 radical (unpaired) electrons. The van der Waals surface area contributed by atoms with E-state index >= 15 is 0 Å². The topological polar surface area (TPSA) is 32.5 Å². The third-order valence-corrected chi connectivity index (χ3v) is 4.15. The van der Waals surface area contributed by atoms with E-state index in [4.69, 9.17) is 5.73 Å². The Morgan fingerprint density at radius 3 is 2.37 bits per heavy atom. The van der Waals surface area contributed by atoms with Crippen molar-refractivity contribution in [1.82, 2.24) is 4.90 Å². The minimum atomic E-state index is 0.105. The maximum absolute atomic E-state index is 6.05. The first-order valence-electron chi connectivity index (χ1n) is 7.11. The quantitative estimate of drug-likeness (QED) is 0.885. The van der Waals surface area contributed by atoms with Gasteiger partial charge in [-0.15, -0.1) is 0 Å². The Hall–Kier alpha value is -1.06. The molecule has 1 aromatic carbocycles. The molecular weight excluding hydrogens is 234 g/mol. The summed E-state index contributed by atoms with van der Waals surface area (Å²) in [4.78, 5) is 4.94. The Balaban J connectivity index is 2.50. The number of piperazine rings is 1. The van der Waals surface area contributed by atoms with E-state index in [0.29, 0.717) is 12.6 Å². The van der Waals surface area contributed by atoms with Gasteiger partial charge in [-0.1, -0.05) is 18.2 Å². The highest BCUT2D eigenvalue weighted by Crippen LogP contribution is 2.35. The molecule has 1 heterocycles. The third kappa shape index (κ3) is 2.63. The van der Waals surface area contributed by atoms with Crippen LogP contribution in [0.25, 0.3) is 0 Å². The van der Waals surface area contributed by atoms with Crippen LogP contribution in [-0.4, -0.2) is 43.2 Å². The third-order valence-electron chi connectivity index (χ3n) is 4.15. The van der Waals surface area contributed by atoms with Crippen molar-refractivity contribution in [2.45, 2.75) is 39.3 Å². The Morgan fingerprint density at radius 2 is 1.84 bits per heavy atom. The van der Waals surface area contributed by atoms with E-state index in [1.54, 1.807) is 0 Å². The maximum Gasteiger partial charge on any atom is 0.0545 e. The fraction of sp³-hybridized carbons (Fsp3) is 0.625. The van der Waals surface area contributed by atoms with Crippen LogP contribution in [0.2, 0.25) is 0 Å². The summed E-state index contributed by atoms with van der Waals surface area (Å²) < 4.78 is 0. The normalized spacial score (nSPS) is 23.7. The van der Waals surface area contributed by atoms with Crippen molar-refractivity contribution in [3.05, 3.63) is 29.3 Å². The van der Waals surface area contributed by atoms with Crippen molar-refractivity contribution < 1.29 is 0 Å². The van der Waals surface area contributed by atoms with Gasteiger partial charge in [-0.05, 0) is 45.9 Å². The van der Waals surface area contributed by atoms with Crippen molar-refractivity contribution in [3.8, 4) is 0 Å². The van der Waals surface area contributed by atoms with Gasteiger partial charge in [0.05, 0.1) is 6.04 Å². The monoisotopic (exact) mass is 261 g/mol. The first-order valence-corrected chi connectivity index (χ1v) is 7.11. The standard InChI is InChI=1S/C16H27N3/c1-12-7-6-8-13(2)15(12)19-14(9-17)10-18(5)11-16(19,3)4/h6-8,14H,9-11,17H2,1-5H3. The number of nitrogens with zero attached hydrogens (tertiary/aromatic N) is 2. The highest BCUT2D eigenvalue weighted by atomic mass is 15.3. The predicted octanol–water partition coefficient (Wildman–Crippen LogP) is 2.16. The lowest BCUT2D eigenvalue weighted by Crippen LogP contribution is -2.65. The van der Waals surface area contributed by atoms with E-state index in [0.717, 1.165) is 13.1 Å². The summed E-state index contributed by atoms with van der Waals surface area (Å²) in [5.74, 6) is 0. The van der Waals surface area contributed by atoms with E-state index in [1.165, 1.54) is 16.8 Å². The molecule has 1 unspecified atom stereocenters. The van der Waals surface area contributed by atoms with Crippen molar-refractivity contribution in [1.29, 1.82) is 0 Å². The Kier molecular flexibility index (Phi) is 3.88. The molecule has 1 fully saturated rings. The molecule has 19 heavy (non-hydrogen) atoms. The molecule has 3 nitrogen and oxygen atoms in total. The van der Waals surface area contributed by atoms with Crippen LogP contribution in [0.1, 0.15) is 25.0 Å². The second-order valence-electron chi connectivity index (χ2n) is 6.51. The zero-order valence-corrected chi connectivity index (χ0v) is 12.9. The molecule has 0 amide bonds. The molecule has 2 rings (SSSR count). The van der Waals surface area contributed by atoms with Crippen LogP contribution in [0, 0.1) is 13.8 Å². The van der Waals surface area contributed by atoms with Crippen molar-refractivity contribution in [2.24, 2.45) is 5.73 Å². The van der Waals surface area contributed by atoms with E-state index in [-0.39, 0.29) is 5.54 Å². The van der Waals surface area contributed by atoms with Crippen LogP contribution < -0.4 is 10.6 Å². The Bertz CT molecular complexity index is 433. The van der Waals surface area contributed by atoms with Gasteiger partial charge < -0.3 is 15.5 Å². The van der Waals surface area contributed by atoms with Crippen LogP contribution >= 0.6 is 0 Å². The van der Waals surface area contributed by atoms with Gasteiger partial charge in [0.1, 0.15) is 0 Å². The number of rotatable bonds is 2. The molecule has 1 atom stereocenters. The van der Waals surface area contributed by atoms with Crippen molar-refractivity contribution in [3.63, 3.8) is 0 Å². The number of anilines is 1. The molecule has 0 saturated carbocycles. The Morgan fingerprint density at radius 1 is 1.26 bits per heavy atom. The second-order valence-corrected chi connectivity index (χ2v) is 6.51. The van der Waals surface area contributed by atoms with E-state index in [9.17, 15) is 0 Å². The smallest absolute Gasteiger partial charge is 0.0545 e. The van der Waals surface area contributed by atoms with Gasteiger partial charge in [0.2, 0.25) is 0 Å². The average Bonchev–Trinajstić information content (AvgIpc) is 2.29. The molecular formula is C16H27N3. The minimum absolute atomic E-state index is 0.105. The van der Waals surface area contributed by atoms with Gasteiger partial charge >= 0.3 is 0 Å². The fourth-order valence-corrected chi connectivity index (χ4v) is 3.59. The van der Waals surface area contributed by atoms with E-state index < -0.39 is 0 Å². The summed E-state index contributed by atoms with van der Waals surface area (Å²) in [7, 11) is 2.19. The second kappa shape index (κ2) is 5.14. The number of hydrogen-bond donors (Lipinski definition) is 1. The Labute approximate surface area is 117 Å². The minimum Gasteiger partial charge on any atom is -0.359 e. The van der Waals surface area contributed by atoms with Gasteiger partial charge in [-0.25, -0.2) is 0 Å². The molecule has 1 aliphatic heterocycles. The summed E-state index contributed by atoms with van der Waals surface area (Å²) in [6, 6.07) is 6.91. The molecule has 0 spiro atoms. The van der Waals surface area contributed by atoms with E-state index in [2.05, 4.69) is 62.7 Å². The van der Waals surface area contributed by atoms with Gasteiger partial charge in [0.25, 0.3) is 0 Å². The molecule has 1 saturated heterocycles. The van der Waals surface area contributed by atoms with Crippen LogP contribution in [0.15, 0.2) is 18.2 Å². The summed E-state index contributed by atoms with van der Waals surface area (Å²) in [6.45, 7) is 11.8.